The number of carbonyl (C=O) groups excluding carboxylic acids is 2. The summed E-state index contributed by atoms with van der Waals surface area (Å²) in [6.07, 6.45) is 4.17. The fourth-order valence-corrected chi connectivity index (χ4v) is 2.76. The highest BCUT2D eigenvalue weighted by atomic mass is 79.9. The summed E-state index contributed by atoms with van der Waals surface area (Å²) in [5, 5.41) is 0. The van der Waals surface area contributed by atoms with E-state index in [4.69, 9.17) is 0 Å². The van der Waals surface area contributed by atoms with Crippen LogP contribution in [0, 0.1) is 5.41 Å². The SMILES string of the molecule is CC1(C)C(=O)C(n2ccnc2)N(c2ccc(Br)cc2)C1=O. The third kappa shape index (κ3) is 2.10. The Morgan fingerprint density at radius 1 is 1.19 bits per heavy atom. The number of ketones is 1. The van der Waals surface area contributed by atoms with Crippen molar-refractivity contribution in [3.63, 3.8) is 0 Å². The number of aromatic nitrogens is 2. The molecule has 1 aromatic carbocycles. The molecular weight excluding hydrogens is 334 g/mol. The largest absolute Gasteiger partial charge is 0.309 e. The van der Waals surface area contributed by atoms with Gasteiger partial charge in [0.15, 0.2) is 11.9 Å². The lowest BCUT2D eigenvalue weighted by molar-refractivity contribution is -0.133. The number of rotatable bonds is 2. The Labute approximate surface area is 130 Å². The van der Waals surface area contributed by atoms with Gasteiger partial charge in [-0.2, -0.15) is 0 Å². The standard InChI is InChI=1S/C15H14BrN3O2/c1-15(2)12(20)13(18-8-7-17-9-18)19(14(15)21)11-5-3-10(16)4-6-11/h3-9,13H,1-2H3. The zero-order chi connectivity index (χ0) is 15.2. The van der Waals surface area contributed by atoms with Crippen LogP contribution in [0.5, 0.6) is 0 Å². The van der Waals surface area contributed by atoms with Crippen LogP contribution in [0.25, 0.3) is 0 Å². The van der Waals surface area contributed by atoms with Crippen LogP contribution < -0.4 is 4.90 Å². The summed E-state index contributed by atoms with van der Waals surface area (Å²) in [7, 11) is 0. The molecule has 1 unspecified atom stereocenters. The molecule has 1 aromatic heterocycles. The number of halogens is 1. The Balaban J connectivity index is 2.13. The first-order valence-electron chi connectivity index (χ1n) is 6.54. The topological polar surface area (TPSA) is 55.2 Å². The van der Waals surface area contributed by atoms with E-state index < -0.39 is 11.6 Å². The minimum Gasteiger partial charge on any atom is -0.309 e. The van der Waals surface area contributed by atoms with Gasteiger partial charge in [0.1, 0.15) is 5.41 Å². The van der Waals surface area contributed by atoms with E-state index in [1.165, 1.54) is 4.90 Å². The van der Waals surface area contributed by atoms with Gasteiger partial charge in [0.05, 0.1) is 6.33 Å². The van der Waals surface area contributed by atoms with E-state index in [-0.39, 0.29) is 11.7 Å². The molecule has 3 rings (SSSR count). The highest BCUT2D eigenvalue weighted by Gasteiger charge is 2.54. The summed E-state index contributed by atoms with van der Waals surface area (Å²) in [5.41, 5.74) is -0.344. The van der Waals surface area contributed by atoms with E-state index in [1.54, 1.807) is 37.1 Å². The average molecular weight is 348 g/mol. The summed E-state index contributed by atoms with van der Waals surface area (Å²) < 4.78 is 2.58. The van der Waals surface area contributed by atoms with Gasteiger partial charge in [-0.05, 0) is 38.1 Å². The number of hydrogen-bond donors (Lipinski definition) is 0. The number of nitrogens with zero attached hydrogens (tertiary/aromatic N) is 3. The molecule has 6 heteroatoms. The first kappa shape index (κ1) is 14.0. The summed E-state index contributed by atoms with van der Waals surface area (Å²) >= 11 is 3.37. The average Bonchev–Trinajstić information content (AvgIpc) is 3.03. The molecule has 0 spiro atoms. The van der Waals surface area contributed by atoms with Crippen molar-refractivity contribution in [2.45, 2.75) is 20.0 Å². The van der Waals surface area contributed by atoms with Crippen LogP contribution in [0.2, 0.25) is 0 Å². The van der Waals surface area contributed by atoms with Crippen LogP contribution in [-0.2, 0) is 9.59 Å². The van der Waals surface area contributed by atoms with Gasteiger partial charge in [0.2, 0.25) is 5.91 Å². The number of hydrogen-bond acceptors (Lipinski definition) is 3. The molecule has 108 valence electrons. The molecule has 0 saturated carbocycles. The monoisotopic (exact) mass is 347 g/mol. The molecule has 1 atom stereocenters. The minimum absolute atomic E-state index is 0.131. The Morgan fingerprint density at radius 2 is 1.86 bits per heavy atom. The lowest BCUT2D eigenvalue weighted by Crippen LogP contribution is -2.33. The minimum atomic E-state index is -1.04. The fourth-order valence-electron chi connectivity index (χ4n) is 2.50. The van der Waals surface area contributed by atoms with Crippen molar-refractivity contribution in [1.29, 1.82) is 0 Å². The molecule has 0 radical (unpaired) electrons. The van der Waals surface area contributed by atoms with Crippen molar-refractivity contribution < 1.29 is 9.59 Å². The maximum atomic E-state index is 12.7. The van der Waals surface area contributed by atoms with Crippen molar-refractivity contribution in [2.24, 2.45) is 5.41 Å². The zero-order valence-electron chi connectivity index (χ0n) is 11.7. The molecule has 0 bridgehead atoms. The molecule has 2 aromatic rings. The lowest BCUT2D eigenvalue weighted by atomic mass is 9.90. The van der Waals surface area contributed by atoms with Gasteiger partial charge >= 0.3 is 0 Å². The molecule has 0 N–H and O–H groups in total. The quantitative estimate of drug-likeness (QED) is 0.785. The van der Waals surface area contributed by atoms with Crippen LogP contribution in [0.15, 0.2) is 47.5 Å². The van der Waals surface area contributed by atoms with E-state index in [0.717, 1.165) is 4.47 Å². The maximum absolute atomic E-state index is 12.7. The molecule has 21 heavy (non-hydrogen) atoms. The Bertz CT molecular complexity index is 692. The van der Waals surface area contributed by atoms with Crippen molar-refractivity contribution in [3.8, 4) is 0 Å². The molecule has 1 fully saturated rings. The van der Waals surface area contributed by atoms with Gasteiger partial charge in [-0.1, -0.05) is 15.9 Å². The Hall–Kier alpha value is -1.95. The maximum Gasteiger partial charge on any atom is 0.242 e. The molecule has 1 aliphatic heterocycles. The van der Waals surface area contributed by atoms with Crippen LogP contribution in [0.4, 0.5) is 5.69 Å². The summed E-state index contributed by atoms with van der Waals surface area (Å²) in [6, 6.07) is 7.34. The van der Waals surface area contributed by atoms with E-state index in [0.29, 0.717) is 5.69 Å². The number of carbonyl (C=O) groups is 2. The third-order valence-electron chi connectivity index (χ3n) is 3.76. The van der Waals surface area contributed by atoms with Crippen molar-refractivity contribution in [3.05, 3.63) is 47.5 Å². The molecule has 5 nitrogen and oxygen atoms in total. The summed E-state index contributed by atoms with van der Waals surface area (Å²) in [6.45, 7) is 3.33. The number of Topliss-reactive ketones (excluding diaryl/α,β-unsaturated/α-hetero) is 1. The van der Waals surface area contributed by atoms with Gasteiger partial charge in [-0.25, -0.2) is 4.98 Å². The zero-order valence-corrected chi connectivity index (χ0v) is 13.2. The predicted molar refractivity (Wildman–Crippen MR) is 81.7 cm³/mol. The number of amides is 1. The van der Waals surface area contributed by atoms with Crippen LogP contribution in [0.3, 0.4) is 0 Å². The molecule has 1 aliphatic rings. The molecule has 0 aliphatic carbocycles. The second-order valence-electron chi connectivity index (χ2n) is 5.52. The Morgan fingerprint density at radius 3 is 2.43 bits per heavy atom. The van der Waals surface area contributed by atoms with Gasteiger partial charge in [0.25, 0.3) is 0 Å². The van der Waals surface area contributed by atoms with Crippen molar-refractivity contribution in [2.75, 3.05) is 4.90 Å². The van der Waals surface area contributed by atoms with E-state index in [1.807, 2.05) is 24.3 Å². The number of anilines is 1. The van der Waals surface area contributed by atoms with Crippen molar-refractivity contribution in [1.82, 2.24) is 9.55 Å². The normalized spacial score (nSPS) is 21.1. The molecule has 1 amide bonds. The first-order valence-corrected chi connectivity index (χ1v) is 7.33. The number of imidazole rings is 1. The molecular formula is C15H14BrN3O2. The third-order valence-corrected chi connectivity index (χ3v) is 4.29. The highest BCUT2D eigenvalue weighted by molar-refractivity contribution is 9.10. The highest BCUT2D eigenvalue weighted by Crippen LogP contribution is 2.40. The second-order valence-corrected chi connectivity index (χ2v) is 6.44. The van der Waals surface area contributed by atoms with E-state index in [9.17, 15) is 9.59 Å². The lowest BCUT2D eigenvalue weighted by Gasteiger charge is -2.24. The number of benzene rings is 1. The van der Waals surface area contributed by atoms with Crippen LogP contribution in [0.1, 0.15) is 20.0 Å². The van der Waals surface area contributed by atoms with Gasteiger partial charge in [-0.3, -0.25) is 14.5 Å². The second kappa shape index (κ2) is 4.80. The van der Waals surface area contributed by atoms with Crippen LogP contribution in [-0.4, -0.2) is 21.2 Å². The Kier molecular flexibility index (Phi) is 3.20. The van der Waals surface area contributed by atoms with Crippen molar-refractivity contribution >= 4 is 33.3 Å². The summed E-state index contributed by atoms with van der Waals surface area (Å²) in [4.78, 5) is 30.9. The van der Waals surface area contributed by atoms with Gasteiger partial charge < -0.3 is 4.57 Å². The fraction of sp³-hybridized carbons (Fsp3) is 0.267. The summed E-state index contributed by atoms with van der Waals surface area (Å²) in [5.74, 6) is -0.332. The molecule has 2 heterocycles. The predicted octanol–water partition coefficient (Wildman–Crippen LogP) is 2.79. The van der Waals surface area contributed by atoms with Crippen LogP contribution >= 0.6 is 15.9 Å². The first-order chi connectivity index (χ1) is 9.93. The van der Waals surface area contributed by atoms with E-state index in [2.05, 4.69) is 20.9 Å². The molecule has 1 saturated heterocycles. The van der Waals surface area contributed by atoms with Gasteiger partial charge in [-0.15, -0.1) is 0 Å². The smallest absolute Gasteiger partial charge is 0.242 e. The van der Waals surface area contributed by atoms with E-state index >= 15 is 0 Å². The van der Waals surface area contributed by atoms with Gasteiger partial charge in [0, 0.05) is 22.6 Å².